The Morgan fingerprint density at radius 1 is 1.53 bits per heavy atom. The van der Waals surface area contributed by atoms with Crippen LogP contribution in [0.25, 0.3) is 4.85 Å². The number of hydrogen-bond acceptors (Lipinski definition) is 3. The number of Topliss-reactive ketones (excluding diaryl/α,β-unsaturated/α-hetero) is 1. The van der Waals surface area contributed by atoms with Crippen LogP contribution in [0.5, 0.6) is 5.75 Å². The van der Waals surface area contributed by atoms with Gasteiger partial charge in [-0.05, 0) is 18.2 Å². The first-order valence-corrected chi connectivity index (χ1v) is 4.41. The average molecular weight is 201 g/mol. The minimum atomic E-state index is -0.306. The number of ether oxygens (including phenoxy) is 1. The van der Waals surface area contributed by atoms with Crippen molar-refractivity contribution in [1.82, 2.24) is 0 Å². The Kier molecular flexibility index (Phi) is 2.22. The Morgan fingerprint density at radius 2 is 2.33 bits per heavy atom. The van der Waals surface area contributed by atoms with Gasteiger partial charge in [0, 0.05) is 11.1 Å². The second kappa shape index (κ2) is 3.54. The lowest BCUT2D eigenvalue weighted by molar-refractivity contribution is -0.131. The molecule has 4 nitrogen and oxygen atoms in total. The van der Waals surface area contributed by atoms with E-state index in [1.165, 1.54) is 0 Å². The van der Waals surface area contributed by atoms with Crippen molar-refractivity contribution in [3.63, 3.8) is 0 Å². The number of nitrogens with zero attached hydrogens (tertiary/aromatic N) is 1. The van der Waals surface area contributed by atoms with Crippen molar-refractivity contribution in [2.45, 2.75) is 6.42 Å². The van der Waals surface area contributed by atoms with Crippen LogP contribution in [0.15, 0.2) is 18.2 Å². The molecule has 0 saturated heterocycles. The number of benzene rings is 1. The van der Waals surface area contributed by atoms with Crippen LogP contribution < -0.4 is 4.74 Å². The molecule has 4 heteroatoms. The van der Waals surface area contributed by atoms with E-state index in [0.717, 1.165) is 5.56 Å². The summed E-state index contributed by atoms with van der Waals surface area (Å²) in [5, 5.41) is 0. The first-order valence-electron chi connectivity index (χ1n) is 4.41. The van der Waals surface area contributed by atoms with Gasteiger partial charge in [0.2, 0.25) is 5.78 Å². The molecule has 1 aromatic rings. The van der Waals surface area contributed by atoms with Crippen molar-refractivity contribution in [1.29, 1.82) is 0 Å². The quantitative estimate of drug-likeness (QED) is 0.313. The molecule has 2 rings (SSSR count). The average Bonchev–Trinajstić information content (AvgIpc) is 2.57. The molecule has 0 spiro atoms. The maximum Gasteiger partial charge on any atom is 0.315 e. The Balaban J connectivity index is 2.32. The molecule has 0 atom stereocenters. The van der Waals surface area contributed by atoms with E-state index in [9.17, 15) is 9.59 Å². The molecule has 1 aromatic carbocycles. The zero-order valence-corrected chi connectivity index (χ0v) is 7.82. The van der Waals surface area contributed by atoms with Gasteiger partial charge in [0.15, 0.2) is 0 Å². The molecule has 0 bridgehead atoms. The maximum atomic E-state index is 11.4. The van der Waals surface area contributed by atoms with Gasteiger partial charge in [-0.15, -0.1) is 0 Å². The largest absolute Gasteiger partial charge is 0.426 e. The van der Waals surface area contributed by atoms with Gasteiger partial charge in [0.25, 0.3) is 6.54 Å². The Bertz CT molecular complexity index is 485. The Morgan fingerprint density at radius 3 is 3.07 bits per heavy atom. The summed E-state index contributed by atoms with van der Waals surface area (Å²) in [6, 6.07) is 4.79. The van der Waals surface area contributed by atoms with Crippen LogP contribution in [0, 0.1) is 6.57 Å². The van der Waals surface area contributed by atoms with Gasteiger partial charge in [-0.25, -0.2) is 6.57 Å². The third-order valence-electron chi connectivity index (χ3n) is 2.16. The van der Waals surface area contributed by atoms with Crippen molar-refractivity contribution in [3.05, 3.63) is 40.7 Å². The van der Waals surface area contributed by atoms with E-state index < -0.39 is 0 Å². The monoisotopic (exact) mass is 201 g/mol. The van der Waals surface area contributed by atoms with Gasteiger partial charge >= 0.3 is 5.97 Å². The molecule has 0 aromatic heterocycles. The second-order valence-electron chi connectivity index (χ2n) is 3.21. The molecule has 0 fully saturated rings. The molecule has 0 aliphatic carbocycles. The minimum Gasteiger partial charge on any atom is -0.426 e. The molecule has 0 N–H and O–H groups in total. The fourth-order valence-electron chi connectivity index (χ4n) is 1.47. The van der Waals surface area contributed by atoms with Crippen LogP contribution in [-0.4, -0.2) is 18.3 Å². The van der Waals surface area contributed by atoms with Crippen LogP contribution in [0.3, 0.4) is 0 Å². The second-order valence-corrected chi connectivity index (χ2v) is 3.21. The predicted molar refractivity (Wildman–Crippen MR) is 51.6 cm³/mol. The normalized spacial score (nSPS) is 12.9. The lowest BCUT2D eigenvalue weighted by atomic mass is 10.1. The summed E-state index contributed by atoms with van der Waals surface area (Å²) in [5.74, 6) is -0.0220. The topological polar surface area (TPSA) is 47.7 Å². The first-order chi connectivity index (χ1) is 7.20. The van der Waals surface area contributed by atoms with E-state index in [1.54, 1.807) is 18.2 Å². The fraction of sp³-hybridized carbons (Fsp3) is 0.182. The summed E-state index contributed by atoms with van der Waals surface area (Å²) < 4.78 is 4.89. The van der Waals surface area contributed by atoms with Crippen LogP contribution in [0.1, 0.15) is 15.9 Å². The number of ketones is 1. The zero-order chi connectivity index (χ0) is 10.8. The number of esters is 1. The molecule has 0 saturated carbocycles. The third-order valence-corrected chi connectivity index (χ3v) is 2.16. The van der Waals surface area contributed by atoms with E-state index >= 15 is 0 Å². The van der Waals surface area contributed by atoms with E-state index in [-0.39, 0.29) is 24.7 Å². The number of carbonyl (C=O) groups excluding carboxylic acids is 2. The van der Waals surface area contributed by atoms with Crippen LogP contribution >= 0.6 is 0 Å². The number of rotatable bonds is 2. The van der Waals surface area contributed by atoms with Crippen molar-refractivity contribution >= 4 is 11.8 Å². The van der Waals surface area contributed by atoms with E-state index in [4.69, 9.17) is 11.3 Å². The summed E-state index contributed by atoms with van der Waals surface area (Å²) >= 11 is 0. The summed E-state index contributed by atoms with van der Waals surface area (Å²) in [4.78, 5) is 25.4. The number of carbonyl (C=O) groups is 2. The first kappa shape index (κ1) is 9.41. The molecular weight excluding hydrogens is 194 g/mol. The highest BCUT2D eigenvalue weighted by molar-refractivity contribution is 5.99. The van der Waals surface area contributed by atoms with Gasteiger partial charge in [0.1, 0.15) is 5.75 Å². The molecule has 74 valence electrons. The molecule has 1 aliphatic rings. The highest BCUT2D eigenvalue weighted by atomic mass is 16.5. The minimum absolute atomic E-state index is 0.159. The third kappa shape index (κ3) is 1.72. The van der Waals surface area contributed by atoms with Crippen LogP contribution in [0.4, 0.5) is 0 Å². The lowest BCUT2D eigenvalue weighted by Gasteiger charge is -1.98. The summed E-state index contributed by atoms with van der Waals surface area (Å²) in [7, 11) is 0. The number of fused-ring (bicyclic) bond motifs is 1. The van der Waals surface area contributed by atoms with Crippen LogP contribution in [0.2, 0.25) is 0 Å². The summed E-state index contributed by atoms with van der Waals surface area (Å²) in [6.45, 7) is 6.43. The molecule has 1 aliphatic heterocycles. The van der Waals surface area contributed by atoms with Gasteiger partial charge in [-0.1, -0.05) is 0 Å². The van der Waals surface area contributed by atoms with E-state index in [1.807, 2.05) is 0 Å². The maximum absolute atomic E-state index is 11.4. The highest BCUT2D eigenvalue weighted by Crippen LogP contribution is 2.26. The molecule has 0 unspecified atom stereocenters. The fourth-order valence-corrected chi connectivity index (χ4v) is 1.47. The van der Waals surface area contributed by atoms with Crippen LogP contribution in [-0.2, 0) is 11.2 Å². The van der Waals surface area contributed by atoms with Gasteiger partial charge < -0.3 is 9.58 Å². The summed E-state index contributed by atoms with van der Waals surface area (Å²) in [6.07, 6.45) is 0.203. The molecule has 0 amide bonds. The van der Waals surface area contributed by atoms with Crippen molar-refractivity contribution < 1.29 is 14.3 Å². The van der Waals surface area contributed by atoms with Crippen molar-refractivity contribution in [3.8, 4) is 5.75 Å². The summed E-state index contributed by atoms with van der Waals surface area (Å²) in [5.41, 5.74) is 1.18. The highest BCUT2D eigenvalue weighted by Gasteiger charge is 2.21. The number of hydrogen-bond donors (Lipinski definition) is 0. The predicted octanol–water partition coefficient (Wildman–Crippen LogP) is 1.25. The SMILES string of the molecule is [C-]#[N+]CC(=O)c1ccc2c(c1)CC(=O)O2. The van der Waals surface area contributed by atoms with Gasteiger partial charge in [-0.3, -0.25) is 9.59 Å². The van der Waals surface area contributed by atoms with Gasteiger partial charge in [-0.2, -0.15) is 0 Å². The van der Waals surface area contributed by atoms with E-state index in [0.29, 0.717) is 11.3 Å². The standard InChI is InChI=1S/C11H7NO3/c1-12-6-9(13)7-2-3-10-8(4-7)5-11(14)15-10/h2-4H,5-6H2. The Labute approximate surface area is 86.3 Å². The molecule has 15 heavy (non-hydrogen) atoms. The van der Waals surface area contributed by atoms with E-state index in [2.05, 4.69) is 4.85 Å². The van der Waals surface area contributed by atoms with Gasteiger partial charge in [0.05, 0.1) is 6.42 Å². The van der Waals surface area contributed by atoms with Crippen molar-refractivity contribution in [2.24, 2.45) is 0 Å². The smallest absolute Gasteiger partial charge is 0.315 e. The Hall–Kier alpha value is -2.15. The molecule has 0 radical (unpaired) electrons. The molecular formula is C11H7NO3. The zero-order valence-electron chi connectivity index (χ0n) is 7.82. The molecule has 1 heterocycles. The lowest BCUT2D eigenvalue weighted by Crippen LogP contribution is -2.02. The van der Waals surface area contributed by atoms with Crippen molar-refractivity contribution in [2.75, 3.05) is 6.54 Å².